The first-order valence-corrected chi connectivity index (χ1v) is 4.42. The van der Waals surface area contributed by atoms with E-state index in [0.717, 1.165) is 5.75 Å². The third-order valence-corrected chi connectivity index (χ3v) is 2.04. The van der Waals surface area contributed by atoms with Gasteiger partial charge in [-0.25, -0.2) is 0 Å². The highest BCUT2D eigenvalue weighted by Crippen LogP contribution is 2.34. The molecule has 0 amide bonds. The molecule has 0 fully saturated rings. The summed E-state index contributed by atoms with van der Waals surface area (Å²) in [6.45, 7) is 4.24. The fraction of sp³-hybridized carbons (Fsp3) is 0.273. The molecule has 1 aliphatic heterocycles. The van der Waals surface area contributed by atoms with Gasteiger partial charge in [0.1, 0.15) is 5.76 Å². The summed E-state index contributed by atoms with van der Waals surface area (Å²) in [5, 5.41) is 0. The zero-order chi connectivity index (χ0) is 9.97. The van der Waals surface area contributed by atoms with E-state index in [4.69, 9.17) is 14.2 Å². The lowest BCUT2D eigenvalue weighted by Gasteiger charge is -2.27. The SMILES string of the molecule is C=C1Oc2ccccc2OC1COC. The number of ether oxygens (including phenoxy) is 3. The second kappa shape index (κ2) is 3.72. The van der Waals surface area contributed by atoms with Crippen molar-refractivity contribution in [1.82, 2.24) is 0 Å². The molecule has 1 aliphatic rings. The van der Waals surface area contributed by atoms with Gasteiger partial charge < -0.3 is 14.2 Å². The maximum atomic E-state index is 5.64. The van der Waals surface area contributed by atoms with Crippen LogP contribution < -0.4 is 9.47 Å². The molecule has 1 aromatic rings. The van der Waals surface area contributed by atoms with Gasteiger partial charge in [-0.2, -0.15) is 0 Å². The summed E-state index contributed by atoms with van der Waals surface area (Å²) in [7, 11) is 1.62. The van der Waals surface area contributed by atoms with E-state index in [1.54, 1.807) is 7.11 Å². The highest BCUT2D eigenvalue weighted by atomic mass is 16.6. The van der Waals surface area contributed by atoms with Gasteiger partial charge in [-0.15, -0.1) is 0 Å². The van der Waals surface area contributed by atoms with Crippen LogP contribution in [0.2, 0.25) is 0 Å². The van der Waals surface area contributed by atoms with Crippen molar-refractivity contribution >= 4 is 0 Å². The normalized spacial score (nSPS) is 19.5. The molecule has 74 valence electrons. The minimum atomic E-state index is -0.213. The van der Waals surface area contributed by atoms with Gasteiger partial charge in [0.05, 0.1) is 6.61 Å². The minimum Gasteiger partial charge on any atom is -0.476 e. The van der Waals surface area contributed by atoms with Gasteiger partial charge in [0, 0.05) is 7.11 Å². The van der Waals surface area contributed by atoms with Crippen LogP contribution in [0.15, 0.2) is 36.6 Å². The van der Waals surface area contributed by atoms with Crippen molar-refractivity contribution in [1.29, 1.82) is 0 Å². The fourth-order valence-corrected chi connectivity index (χ4v) is 1.34. The number of hydrogen-bond acceptors (Lipinski definition) is 3. The molecule has 0 aliphatic carbocycles. The van der Waals surface area contributed by atoms with Crippen LogP contribution in [0.1, 0.15) is 0 Å². The van der Waals surface area contributed by atoms with Crippen LogP contribution in [0.5, 0.6) is 11.5 Å². The van der Waals surface area contributed by atoms with Gasteiger partial charge in [0.25, 0.3) is 0 Å². The number of para-hydroxylation sites is 2. The summed E-state index contributed by atoms with van der Waals surface area (Å²) in [6, 6.07) is 7.51. The standard InChI is InChI=1S/C11H12O3/c1-8-11(7-12-2)14-10-6-4-3-5-9(10)13-8/h3-6,11H,1,7H2,2H3. The molecule has 1 aromatic carbocycles. The maximum absolute atomic E-state index is 5.64. The van der Waals surface area contributed by atoms with Crippen LogP contribution in [0.4, 0.5) is 0 Å². The molecule has 0 radical (unpaired) electrons. The first-order chi connectivity index (χ1) is 6.81. The maximum Gasteiger partial charge on any atom is 0.179 e. The molecular weight excluding hydrogens is 180 g/mol. The first-order valence-electron chi connectivity index (χ1n) is 4.42. The molecule has 3 heteroatoms. The second-order valence-corrected chi connectivity index (χ2v) is 3.08. The second-order valence-electron chi connectivity index (χ2n) is 3.08. The van der Waals surface area contributed by atoms with E-state index in [0.29, 0.717) is 18.1 Å². The Labute approximate surface area is 82.9 Å². The summed E-state index contributed by atoms with van der Waals surface area (Å²) in [5.74, 6) is 2.04. The van der Waals surface area contributed by atoms with E-state index < -0.39 is 0 Å². The quantitative estimate of drug-likeness (QED) is 0.717. The van der Waals surface area contributed by atoms with Crippen molar-refractivity contribution in [3.63, 3.8) is 0 Å². The van der Waals surface area contributed by atoms with Gasteiger partial charge in [-0.1, -0.05) is 18.7 Å². The Morgan fingerprint density at radius 1 is 1.36 bits per heavy atom. The fourth-order valence-electron chi connectivity index (χ4n) is 1.34. The van der Waals surface area contributed by atoms with Crippen molar-refractivity contribution in [2.75, 3.05) is 13.7 Å². The molecule has 0 spiro atoms. The summed E-state index contributed by atoms with van der Waals surface area (Å²) in [4.78, 5) is 0. The molecule has 14 heavy (non-hydrogen) atoms. The molecule has 0 saturated heterocycles. The van der Waals surface area contributed by atoms with E-state index in [2.05, 4.69) is 6.58 Å². The molecule has 1 unspecified atom stereocenters. The Kier molecular flexibility index (Phi) is 2.41. The van der Waals surface area contributed by atoms with E-state index >= 15 is 0 Å². The molecule has 0 saturated carbocycles. The Morgan fingerprint density at radius 2 is 2.07 bits per heavy atom. The van der Waals surface area contributed by atoms with Gasteiger partial charge in [-0.3, -0.25) is 0 Å². The molecule has 2 rings (SSSR count). The van der Waals surface area contributed by atoms with Gasteiger partial charge in [-0.05, 0) is 12.1 Å². The topological polar surface area (TPSA) is 27.7 Å². The first kappa shape index (κ1) is 9.09. The third-order valence-electron chi connectivity index (χ3n) is 2.04. The predicted octanol–water partition coefficient (Wildman–Crippen LogP) is 1.99. The van der Waals surface area contributed by atoms with Gasteiger partial charge >= 0.3 is 0 Å². The monoisotopic (exact) mass is 192 g/mol. The number of hydrogen-bond donors (Lipinski definition) is 0. The molecule has 0 aromatic heterocycles. The summed E-state index contributed by atoms with van der Waals surface area (Å²) in [6.07, 6.45) is -0.213. The average Bonchev–Trinajstić information content (AvgIpc) is 2.19. The largest absolute Gasteiger partial charge is 0.476 e. The van der Waals surface area contributed by atoms with Crippen molar-refractivity contribution in [2.45, 2.75) is 6.10 Å². The van der Waals surface area contributed by atoms with Crippen LogP contribution in [0.25, 0.3) is 0 Å². The van der Waals surface area contributed by atoms with Crippen molar-refractivity contribution in [3.05, 3.63) is 36.6 Å². The molecule has 1 heterocycles. The molecule has 0 bridgehead atoms. The number of fused-ring (bicyclic) bond motifs is 1. The summed E-state index contributed by atoms with van der Waals surface area (Å²) < 4.78 is 16.1. The van der Waals surface area contributed by atoms with Crippen LogP contribution in [0.3, 0.4) is 0 Å². The zero-order valence-corrected chi connectivity index (χ0v) is 8.03. The molecular formula is C11H12O3. The highest BCUT2D eigenvalue weighted by Gasteiger charge is 2.24. The smallest absolute Gasteiger partial charge is 0.179 e. The molecule has 0 N–H and O–H groups in total. The predicted molar refractivity (Wildman–Crippen MR) is 52.5 cm³/mol. The number of benzene rings is 1. The van der Waals surface area contributed by atoms with E-state index in [1.165, 1.54) is 0 Å². The van der Waals surface area contributed by atoms with Gasteiger partial charge in [0.15, 0.2) is 17.6 Å². The zero-order valence-electron chi connectivity index (χ0n) is 8.03. The van der Waals surface area contributed by atoms with Crippen molar-refractivity contribution < 1.29 is 14.2 Å². The lowest BCUT2D eigenvalue weighted by Crippen LogP contribution is -2.30. The van der Waals surface area contributed by atoms with Crippen LogP contribution in [0, 0.1) is 0 Å². The summed E-state index contributed by atoms with van der Waals surface area (Å²) >= 11 is 0. The van der Waals surface area contributed by atoms with E-state index in [1.807, 2.05) is 24.3 Å². The molecule has 1 atom stereocenters. The molecule has 3 nitrogen and oxygen atoms in total. The Bertz CT molecular complexity index is 346. The van der Waals surface area contributed by atoms with Crippen LogP contribution in [-0.2, 0) is 4.74 Å². The Morgan fingerprint density at radius 3 is 2.79 bits per heavy atom. The highest BCUT2D eigenvalue weighted by molar-refractivity contribution is 5.43. The van der Waals surface area contributed by atoms with E-state index in [-0.39, 0.29) is 6.10 Å². The summed E-state index contributed by atoms with van der Waals surface area (Å²) in [5.41, 5.74) is 0. The van der Waals surface area contributed by atoms with Crippen LogP contribution in [-0.4, -0.2) is 19.8 Å². The number of rotatable bonds is 2. The van der Waals surface area contributed by atoms with E-state index in [9.17, 15) is 0 Å². The Balaban J connectivity index is 2.22. The lowest BCUT2D eigenvalue weighted by molar-refractivity contribution is 0.0632. The number of methoxy groups -OCH3 is 1. The lowest BCUT2D eigenvalue weighted by atomic mass is 10.2. The average molecular weight is 192 g/mol. The van der Waals surface area contributed by atoms with Gasteiger partial charge in [0.2, 0.25) is 0 Å². The van der Waals surface area contributed by atoms with Crippen LogP contribution >= 0.6 is 0 Å². The Hall–Kier alpha value is -1.48. The third kappa shape index (κ3) is 1.59. The van der Waals surface area contributed by atoms with Crippen molar-refractivity contribution in [2.24, 2.45) is 0 Å². The minimum absolute atomic E-state index is 0.213. The van der Waals surface area contributed by atoms with Crippen molar-refractivity contribution in [3.8, 4) is 11.5 Å².